The lowest BCUT2D eigenvalue weighted by molar-refractivity contribution is -0.135. The van der Waals surface area contributed by atoms with Crippen LogP contribution >= 0.6 is 0 Å². The molecule has 0 fully saturated rings. The maximum Gasteiger partial charge on any atom is 0.312 e. The van der Waals surface area contributed by atoms with Gasteiger partial charge in [0.05, 0.1) is 26.2 Å². The maximum atomic E-state index is 13.2. The Hall–Kier alpha value is -4.52. The van der Waals surface area contributed by atoms with Crippen molar-refractivity contribution in [3.63, 3.8) is 0 Å². The van der Waals surface area contributed by atoms with Crippen molar-refractivity contribution in [2.75, 3.05) is 20.8 Å². The van der Waals surface area contributed by atoms with E-state index < -0.39 is 5.92 Å². The van der Waals surface area contributed by atoms with Gasteiger partial charge >= 0.3 is 5.97 Å². The standard InChI is InChI=1S/C30H26O7/c1-17(2)16-35-25-14-19(7-11-23(25)34-4)22-15-27(31)36-24-12-10-21-29(32)26(37-30(21)28(22)24)13-18-5-8-20(33-3)9-6-18/h5-14,22H,1,15-16H2,2-4H3. The first-order valence-corrected chi connectivity index (χ1v) is 11.8. The summed E-state index contributed by atoms with van der Waals surface area (Å²) in [6, 6.07) is 16.1. The van der Waals surface area contributed by atoms with Crippen LogP contribution in [-0.2, 0) is 4.79 Å². The molecule has 7 nitrogen and oxygen atoms in total. The van der Waals surface area contributed by atoms with Crippen molar-refractivity contribution in [3.8, 4) is 28.7 Å². The molecular formula is C30H26O7. The van der Waals surface area contributed by atoms with E-state index in [2.05, 4.69) is 6.58 Å². The number of ketones is 1. The molecule has 0 bridgehead atoms. The molecule has 37 heavy (non-hydrogen) atoms. The van der Waals surface area contributed by atoms with Crippen molar-refractivity contribution >= 4 is 17.8 Å². The highest BCUT2D eigenvalue weighted by Gasteiger charge is 2.38. The number of carbonyl (C=O) groups is 2. The van der Waals surface area contributed by atoms with Gasteiger partial charge < -0.3 is 23.7 Å². The van der Waals surface area contributed by atoms with Crippen LogP contribution in [0.15, 0.2) is 72.5 Å². The third-order valence-electron chi connectivity index (χ3n) is 6.26. The normalized spacial score (nSPS) is 16.9. The molecule has 0 N–H and O–H groups in total. The van der Waals surface area contributed by atoms with Crippen molar-refractivity contribution < 1.29 is 33.3 Å². The number of carbonyl (C=O) groups excluding carboxylic acids is 2. The Balaban J connectivity index is 1.55. The average Bonchev–Trinajstić information content (AvgIpc) is 3.22. The average molecular weight is 499 g/mol. The minimum atomic E-state index is -0.405. The van der Waals surface area contributed by atoms with Gasteiger partial charge in [-0.2, -0.15) is 0 Å². The number of Topliss-reactive ketones (excluding diaryl/α,β-unsaturated/α-hetero) is 1. The predicted molar refractivity (Wildman–Crippen MR) is 138 cm³/mol. The predicted octanol–water partition coefficient (Wildman–Crippen LogP) is 5.72. The third-order valence-corrected chi connectivity index (χ3v) is 6.26. The monoisotopic (exact) mass is 498 g/mol. The Bertz CT molecular complexity index is 1430. The van der Waals surface area contributed by atoms with Crippen LogP contribution in [0.4, 0.5) is 0 Å². The molecule has 188 valence electrons. The minimum absolute atomic E-state index is 0.0881. The Kier molecular flexibility index (Phi) is 6.44. The van der Waals surface area contributed by atoms with E-state index >= 15 is 0 Å². The second-order valence-electron chi connectivity index (χ2n) is 8.95. The Morgan fingerprint density at radius 2 is 1.78 bits per heavy atom. The van der Waals surface area contributed by atoms with E-state index in [4.69, 9.17) is 23.7 Å². The first-order chi connectivity index (χ1) is 17.9. The van der Waals surface area contributed by atoms with E-state index in [1.807, 2.05) is 43.3 Å². The summed E-state index contributed by atoms with van der Waals surface area (Å²) in [6.07, 6.45) is 1.78. The lowest BCUT2D eigenvalue weighted by Crippen LogP contribution is -2.21. The SMILES string of the molecule is C=C(C)COc1cc(C2CC(=O)Oc3ccc4c(c32)OC(=Cc2ccc(OC)cc2)C4=O)ccc1OC. The van der Waals surface area contributed by atoms with Gasteiger partial charge in [0.25, 0.3) is 0 Å². The van der Waals surface area contributed by atoms with Crippen LogP contribution in [0.25, 0.3) is 6.08 Å². The zero-order valence-electron chi connectivity index (χ0n) is 20.8. The molecule has 0 radical (unpaired) electrons. The van der Waals surface area contributed by atoms with Crippen molar-refractivity contribution in [3.05, 3.63) is 94.8 Å². The fourth-order valence-corrected chi connectivity index (χ4v) is 4.47. The number of rotatable bonds is 7. The summed E-state index contributed by atoms with van der Waals surface area (Å²) in [5.74, 6) is 1.79. The molecule has 2 aliphatic heterocycles. The van der Waals surface area contributed by atoms with E-state index in [0.29, 0.717) is 46.5 Å². The number of methoxy groups -OCH3 is 2. The van der Waals surface area contributed by atoms with Crippen LogP contribution in [0.1, 0.15) is 46.3 Å². The Labute approximate surface area is 214 Å². The summed E-state index contributed by atoms with van der Waals surface area (Å²) in [5, 5.41) is 0. The molecule has 2 heterocycles. The number of allylic oxidation sites excluding steroid dienone is 1. The van der Waals surface area contributed by atoms with Crippen molar-refractivity contribution in [1.82, 2.24) is 0 Å². The highest BCUT2D eigenvalue weighted by molar-refractivity contribution is 6.15. The molecule has 1 atom stereocenters. The van der Waals surface area contributed by atoms with Crippen LogP contribution in [0.5, 0.6) is 28.7 Å². The molecule has 1 unspecified atom stereocenters. The number of fused-ring (bicyclic) bond motifs is 3. The molecule has 0 aromatic heterocycles. The molecule has 0 aliphatic carbocycles. The molecule has 0 spiro atoms. The summed E-state index contributed by atoms with van der Waals surface area (Å²) in [6.45, 7) is 6.09. The van der Waals surface area contributed by atoms with Gasteiger partial charge in [0.1, 0.15) is 23.9 Å². The van der Waals surface area contributed by atoms with Gasteiger partial charge in [-0.1, -0.05) is 24.8 Å². The lowest BCUT2D eigenvalue weighted by atomic mass is 9.84. The molecular weight excluding hydrogens is 472 g/mol. The van der Waals surface area contributed by atoms with Crippen molar-refractivity contribution in [1.29, 1.82) is 0 Å². The topological polar surface area (TPSA) is 80.3 Å². The summed E-state index contributed by atoms with van der Waals surface area (Å²) < 4.78 is 28.2. The quantitative estimate of drug-likeness (QED) is 0.178. The first-order valence-electron chi connectivity index (χ1n) is 11.8. The third kappa shape index (κ3) is 4.68. The molecule has 3 aromatic rings. The van der Waals surface area contributed by atoms with Crippen molar-refractivity contribution in [2.45, 2.75) is 19.3 Å². The minimum Gasteiger partial charge on any atom is -0.497 e. The maximum absolute atomic E-state index is 13.2. The summed E-state index contributed by atoms with van der Waals surface area (Å²) >= 11 is 0. The fourth-order valence-electron chi connectivity index (χ4n) is 4.47. The van der Waals surface area contributed by atoms with Gasteiger partial charge in [-0.05, 0) is 66.1 Å². The summed E-state index contributed by atoms with van der Waals surface area (Å²) in [5.41, 5.74) is 3.55. The lowest BCUT2D eigenvalue weighted by Gasteiger charge is -2.27. The van der Waals surface area contributed by atoms with Crippen LogP contribution in [0, 0.1) is 0 Å². The van der Waals surface area contributed by atoms with E-state index in [-0.39, 0.29) is 23.9 Å². The molecule has 0 amide bonds. The zero-order valence-corrected chi connectivity index (χ0v) is 20.8. The fraction of sp³-hybridized carbons (Fsp3) is 0.200. The highest BCUT2D eigenvalue weighted by atomic mass is 16.5. The second-order valence-corrected chi connectivity index (χ2v) is 8.95. The zero-order chi connectivity index (χ0) is 26.1. The van der Waals surface area contributed by atoms with Crippen LogP contribution < -0.4 is 23.7 Å². The number of esters is 1. The molecule has 2 aliphatic rings. The van der Waals surface area contributed by atoms with Crippen LogP contribution in [0.2, 0.25) is 0 Å². The van der Waals surface area contributed by atoms with E-state index in [9.17, 15) is 9.59 Å². The summed E-state index contributed by atoms with van der Waals surface area (Å²) in [4.78, 5) is 25.8. The summed E-state index contributed by atoms with van der Waals surface area (Å²) in [7, 11) is 3.16. The second kappa shape index (κ2) is 9.85. The van der Waals surface area contributed by atoms with Crippen LogP contribution in [-0.4, -0.2) is 32.6 Å². The molecule has 7 heteroatoms. The van der Waals surface area contributed by atoms with Gasteiger partial charge in [0.15, 0.2) is 17.3 Å². The van der Waals surface area contributed by atoms with Crippen molar-refractivity contribution in [2.24, 2.45) is 0 Å². The Morgan fingerprint density at radius 1 is 1.00 bits per heavy atom. The van der Waals surface area contributed by atoms with Crippen LogP contribution in [0.3, 0.4) is 0 Å². The number of hydrogen-bond donors (Lipinski definition) is 0. The number of hydrogen-bond acceptors (Lipinski definition) is 7. The van der Waals surface area contributed by atoms with E-state index in [1.165, 1.54) is 0 Å². The molecule has 3 aromatic carbocycles. The number of benzene rings is 3. The smallest absolute Gasteiger partial charge is 0.312 e. The van der Waals surface area contributed by atoms with E-state index in [1.54, 1.807) is 38.5 Å². The molecule has 0 saturated heterocycles. The van der Waals surface area contributed by atoms with Gasteiger partial charge in [-0.15, -0.1) is 0 Å². The Morgan fingerprint density at radius 3 is 2.49 bits per heavy atom. The highest BCUT2D eigenvalue weighted by Crippen LogP contribution is 2.49. The van der Waals surface area contributed by atoms with Gasteiger partial charge in [0.2, 0.25) is 5.78 Å². The number of ether oxygens (including phenoxy) is 5. The van der Waals surface area contributed by atoms with E-state index in [0.717, 1.165) is 16.7 Å². The molecule has 0 saturated carbocycles. The first kappa shape index (κ1) is 24.2. The van der Waals surface area contributed by atoms with Gasteiger partial charge in [-0.3, -0.25) is 9.59 Å². The molecule has 5 rings (SSSR count). The van der Waals surface area contributed by atoms with Gasteiger partial charge in [-0.25, -0.2) is 0 Å². The largest absolute Gasteiger partial charge is 0.497 e. The van der Waals surface area contributed by atoms with Gasteiger partial charge in [0, 0.05) is 11.5 Å².